The van der Waals surface area contributed by atoms with Crippen molar-refractivity contribution >= 4 is 26.7 Å². The zero-order valence-corrected chi connectivity index (χ0v) is 18.3. The van der Waals surface area contributed by atoms with Crippen LogP contribution in [0.5, 0.6) is 0 Å². The molecule has 8 heteroatoms. The van der Waals surface area contributed by atoms with Crippen LogP contribution in [0, 0.1) is 13.8 Å². The van der Waals surface area contributed by atoms with Gasteiger partial charge in [0.1, 0.15) is 10.7 Å². The van der Waals surface area contributed by atoms with Crippen molar-refractivity contribution in [3.05, 3.63) is 40.5 Å². The summed E-state index contributed by atoms with van der Waals surface area (Å²) >= 11 is 0. The molecule has 1 N–H and O–H groups in total. The molecule has 1 aromatic rings. The SMILES string of the molecule is COCCC(=O)NC1CCN(C2=NS(=O)(=O)C(c3ccc(C)c(C)c3)=C2C)CC1. The number of likely N-dealkylation sites (tertiary alicyclic amines) is 1. The van der Waals surface area contributed by atoms with Crippen LogP contribution < -0.4 is 5.32 Å². The van der Waals surface area contributed by atoms with Crippen LogP contribution in [0.4, 0.5) is 0 Å². The fourth-order valence-corrected chi connectivity index (χ4v) is 5.27. The van der Waals surface area contributed by atoms with Crippen molar-refractivity contribution in [2.75, 3.05) is 26.8 Å². The van der Waals surface area contributed by atoms with Crippen LogP contribution in [-0.4, -0.2) is 57.9 Å². The number of amides is 1. The number of sulfonamides is 1. The largest absolute Gasteiger partial charge is 0.384 e. The molecule has 1 aromatic carbocycles. The molecule has 2 aliphatic rings. The van der Waals surface area contributed by atoms with Gasteiger partial charge in [-0.15, -0.1) is 4.40 Å². The van der Waals surface area contributed by atoms with E-state index >= 15 is 0 Å². The van der Waals surface area contributed by atoms with Gasteiger partial charge in [-0.25, -0.2) is 0 Å². The third-order valence-corrected chi connectivity index (χ3v) is 7.07. The van der Waals surface area contributed by atoms with E-state index < -0.39 is 10.0 Å². The maximum Gasteiger partial charge on any atom is 0.285 e. The molecule has 0 bridgehead atoms. The van der Waals surface area contributed by atoms with Crippen LogP contribution in [0.2, 0.25) is 0 Å². The smallest absolute Gasteiger partial charge is 0.285 e. The number of ether oxygens (including phenoxy) is 1. The van der Waals surface area contributed by atoms with Crippen molar-refractivity contribution in [3.63, 3.8) is 0 Å². The van der Waals surface area contributed by atoms with Gasteiger partial charge in [-0.05, 0) is 50.3 Å². The summed E-state index contributed by atoms with van der Waals surface area (Å²) in [4.78, 5) is 14.2. The van der Waals surface area contributed by atoms with Gasteiger partial charge in [0.05, 0.1) is 6.61 Å². The summed E-state index contributed by atoms with van der Waals surface area (Å²) in [5, 5.41) is 3.02. The van der Waals surface area contributed by atoms with Gasteiger partial charge in [-0.2, -0.15) is 8.42 Å². The van der Waals surface area contributed by atoms with Gasteiger partial charge in [0.25, 0.3) is 10.0 Å². The minimum atomic E-state index is -3.72. The highest BCUT2D eigenvalue weighted by Crippen LogP contribution is 2.35. The molecule has 1 amide bonds. The number of benzene rings is 1. The second kappa shape index (κ2) is 8.67. The summed E-state index contributed by atoms with van der Waals surface area (Å²) in [5.41, 5.74) is 3.55. The van der Waals surface area contributed by atoms with Crippen LogP contribution in [0.1, 0.15) is 42.9 Å². The molecule has 29 heavy (non-hydrogen) atoms. The van der Waals surface area contributed by atoms with E-state index in [1.54, 1.807) is 7.11 Å². The minimum Gasteiger partial charge on any atom is -0.384 e. The van der Waals surface area contributed by atoms with Gasteiger partial charge in [0.15, 0.2) is 0 Å². The number of aryl methyl sites for hydroxylation is 2. The normalized spacial score (nSPS) is 19.4. The highest BCUT2D eigenvalue weighted by Gasteiger charge is 2.35. The number of hydrogen-bond donors (Lipinski definition) is 1. The predicted molar refractivity (Wildman–Crippen MR) is 114 cm³/mol. The van der Waals surface area contributed by atoms with Gasteiger partial charge >= 0.3 is 0 Å². The summed E-state index contributed by atoms with van der Waals surface area (Å²) in [6.45, 7) is 7.52. The number of nitrogens with zero attached hydrogens (tertiary/aromatic N) is 2. The van der Waals surface area contributed by atoms with Crippen molar-refractivity contribution in [2.45, 2.75) is 46.1 Å². The first kappa shape index (κ1) is 21.5. The second-order valence-corrected chi connectivity index (χ2v) is 9.26. The molecule has 158 valence electrons. The fourth-order valence-electron chi connectivity index (χ4n) is 3.80. The number of rotatable bonds is 5. The number of carbonyl (C=O) groups excluding carboxylic acids is 1. The van der Waals surface area contributed by atoms with Crippen molar-refractivity contribution in [1.29, 1.82) is 0 Å². The van der Waals surface area contributed by atoms with E-state index in [0.717, 1.165) is 24.0 Å². The number of hydrogen-bond acceptors (Lipinski definition) is 5. The van der Waals surface area contributed by atoms with Gasteiger partial charge in [-0.3, -0.25) is 4.79 Å². The lowest BCUT2D eigenvalue weighted by atomic mass is 10.0. The Balaban J connectivity index is 1.73. The number of nitrogens with one attached hydrogen (secondary N) is 1. The van der Waals surface area contributed by atoms with Gasteiger partial charge < -0.3 is 15.0 Å². The molecular formula is C21H29N3O4S. The lowest BCUT2D eigenvalue weighted by molar-refractivity contribution is -0.122. The number of piperidine rings is 1. The number of methoxy groups -OCH3 is 1. The Hall–Kier alpha value is -2.19. The Labute approximate surface area is 172 Å². The van der Waals surface area contributed by atoms with Crippen LogP contribution in [0.15, 0.2) is 28.2 Å². The zero-order chi connectivity index (χ0) is 21.2. The monoisotopic (exact) mass is 419 g/mol. The lowest BCUT2D eigenvalue weighted by Crippen LogP contribution is -2.46. The maximum absolute atomic E-state index is 12.8. The third-order valence-electron chi connectivity index (χ3n) is 5.60. The number of amidine groups is 1. The minimum absolute atomic E-state index is 0.0146. The summed E-state index contributed by atoms with van der Waals surface area (Å²) in [7, 11) is -2.14. The molecule has 3 rings (SSSR count). The molecule has 7 nitrogen and oxygen atoms in total. The summed E-state index contributed by atoms with van der Waals surface area (Å²) in [6, 6.07) is 5.79. The Morgan fingerprint density at radius 1 is 1.21 bits per heavy atom. The highest BCUT2D eigenvalue weighted by atomic mass is 32.2. The van der Waals surface area contributed by atoms with E-state index in [4.69, 9.17) is 4.74 Å². The Bertz CT molecular complexity index is 958. The van der Waals surface area contributed by atoms with Crippen molar-refractivity contribution in [1.82, 2.24) is 10.2 Å². The molecule has 0 unspecified atom stereocenters. The van der Waals surface area contributed by atoms with Gasteiger partial charge in [0.2, 0.25) is 5.91 Å². The Kier molecular flexibility index (Phi) is 6.43. The maximum atomic E-state index is 12.8. The van der Waals surface area contributed by atoms with E-state index in [1.807, 2.05) is 43.9 Å². The predicted octanol–water partition coefficient (Wildman–Crippen LogP) is 2.39. The summed E-state index contributed by atoms with van der Waals surface area (Å²) < 4.78 is 34.6. The standard InChI is InChI=1S/C21H29N3O4S/c1-14-5-6-17(13-15(14)2)20-16(3)21(23-29(20,26)27)24-10-7-18(8-11-24)22-19(25)9-12-28-4/h5-6,13,18H,7-12H2,1-4H3,(H,22,25). The van der Waals surface area contributed by atoms with Gasteiger partial charge in [-0.1, -0.05) is 18.2 Å². The highest BCUT2D eigenvalue weighted by molar-refractivity contribution is 8.00. The van der Waals surface area contributed by atoms with E-state index in [-0.39, 0.29) is 11.9 Å². The van der Waals surface area contributed by atoms with Crippen LogP contribution >= 0.6 is 0 Å². The second-order valence-electron chi connectivity index (χ2n) is 7.71. The zero-order valence-electron chi connectivity index (χ0n) is 17.5. The molecule has 2 heterocycles. The first-order chi connectivity index (χ1) is 13.7. The van der Waals surface area contributed by atoms with Crippen LogP contribution in [-0.2, 0) is 19.6 Å². The molecule has 0 aliphatic carbocycles. The average molecular weight is 420 g/mol. The van der Waals surface area contributed by atoms with Crippen molar-refractivity contribution in [2.24, 2.45) is 4.40 Å². The number of carbonyl (C=O) groups is 1. The lowest BCUT2D eigenvalue weighted by Gasteiger charge is -2.33. The van der Waals surface area contributed by atoms with Crippen LogP contribution in [0.25, 0.3) is 4.91 Å². The van der Waals surface area contributed by atoms with Crippen molar-refractivity contribution < 1.29 is 17.9 Å². The molecule has 0 atom stereocenters. The molecule has 0 aromatic heterocycles. The van der Waals surface area contributed by atoms with Crippen molar-refractivity contribution in [3.8, 4) is 0 Å². The van der Waals surface area contributed by atoms with E-state index in [1.165, 1.54) is 0 Å². The molecule has 1 fully saturated rings. The Morgan fingerprint density at radius 3 is 2.52 bits per heavy atom. The van der Waals surface area contributed by atoms with E-state index in [0.29, 0.717) is 48.0 Å². The quantitative estimate of drug-likeness (QED) is 0.792. The van der Waals surface area contributed by atoms with Crippen LogP contribution in [0.3, 0.4) is 0 Å². The third kappa shape index (κ3) is 4.70. The topological polar surface area (TPSA) is 88.1 Å². The van der Waals surface area contributed by atoms with E-state index in [2.05, 4.69) is 9.71 Å². The van der Waals surface area contributed by atoms with Gasteiger partial charge in [0, 0.05) is 38.2 Å². The molecule has 0 radical (unpaired) electrons. The first-order valence-electron chi connectivity index (χ1n) is 9.90. The van der Waals surface area contributed by atoms with E-state index in [9.17, 15) is 13.2 Å². The first-order valence-corrected chi connectivity index (χ1v) is 11.3. The molecule has 1 saturated heterocycles. The Morgan fingerprint density at radius 2 is 1.90 bits per heavy atom. The molecule has 0 saturated carbocycles. The molecule has 0 spiro atoms. The molecular weight excluding hydrogens is 390 g/mol. The average Bonchev–Trinajstić information content (AvgIpc) is 2.92. The molecule has 2 aliphatic heterocycles. The summed E-state index contributed by atoms with van der Waals surface area (Å²) in [5.74, 6) is 0.515. The fraction of sp³-hybridized carbons (Fsp3) is 0.524. The summed E-state index contributed by atoms with van der Waals surface area (Å²) in [6.07, 6.45) is 1.86.